The molecule has 0 saturated heterocycles. The van der Waals surface area contributed by atoms with Crippen LogP contribution in [0.15, 0.2) is 103 Å². The Labute approximate surface area is 542 Å². The van der Waals surface area contributed by atoms with E-state index in [0.29, 0.717) is 34.8 Å². The number of ether oxygens (including phenoxy) is 5. The highest BCUT2D eigenvalue weighted by Crippen LogP contribution is 2.55. The molecule has 0 radical (unpaired) electrons. The van der Waals surface area contributed by atoms with Crippen LogP contribution in [0.4, 0.5) is 9.59 Å². The summed E-state index contributed by atoms with van der Waals surface area (Å²) >= 11 is 13.7. The van der Waals surface area contributed by atoms with Gasteiger partial charge in [-0.05, 0) is 159 Å². The smallest absolute Gasteiger partial charge is 0.408 e. The Morgan fingerprint density at radius 3 is 2.08 bits per heavy atom. The number of aliphatic carboxylic acids is 1. The number of hydrogen-bond donors (Lipinski definition) is 12. The number of aromatic hydroxyl groups is 4. The van der Waals surface area contributed by atoms with Crippen LogP contribution in [0.1, 0.15) is 116 Å². The number of carbonyl (C=O) groups excluding carboxylic acids is 6. The third-order valence-corrected chi connectivity index (χ3v) is 18.1. The summed E-state index contributed by atoms with van der Waals surface area (Å²) in [5.41, 5.74) is -1.57. The van der Waals surface area contributed by atoms with Gasteiger partial charge in [0.05, 0.1) is 22.7 Å². The molecule has 6 atom stereocenters. The molecule has 4 fully saturated rings. The third kappa shape index (κ3) is 14.1. The predicted octanol–water partition coefficient (Wildman–Crippen LogP) is 9.20. The summed E-state index contributed by atoms with van der Waals surface area (Å²) in [6.45, 7) is 4.47. The second-order valence-electron chi connectivity index (χ2n) is 25.0. The predicted molar refractivity (Wildman–Crippen MR) is 333 cm³/mol. The monoisotopic (exact) mass is 1310 g/mol. The van der Waals surface area contributed by atoms with E-state index in [0.717, 1.165) is 57.1 Å². The lowest BCUT2D eigenvalue weighted by atomic mass is 9.54. The molecule has 26 heteroatoms. The lowest BCUT2D eigenvalue weighted by Gasteiger charge is -2.54. The van der Waals surface area contributed by atoms with E-state index in [9.17, 15) is 49.8 Å². The van der Waals surface area contributed by atoms with Crippen molar-refractivity contribution in [3.05, 3.63) is 152 Å². The van der Waals surface area contributed by atoms with Gasteiger partial charge in [-0.1, -0.05) is 71.7 Å². The summed E-state index contributed by atoms with van der Waals surface area (Å²) in [6, 6.07) is 14.2. The van der Waals surface area contributed by atoms with Gasteiger partial charge < -0.3 is 86.2 Å². The Kier molecular flexibility index (Phi) is 18.6. The molecule has 7 aliphatic rings. The van der Waals surface area contributed by atoms with E-state index in [4.69, 9.17) is 46.9 Å². The largest absolute Gasteiger partial charge is 0.507 e. The molecule has 0 unspecified atom stereocenters. The Morgan fingerprint density at radius 2 is 1.41 bits per heavy atom. The first-order chi connectivity index (χ1) is 44.3. The van der Waals surface area contributed by atoms with Crippen LogP contribution in [0.2, 0.25) is 10.0 Å². The van der Waals surface area contributed by atoms with Crippen molar-refractivity contribution < 1.29 is 87.9 Å². The molecular weight excluding hydrogens is 1250 g/mol. The number of halogens is 2. The number of esters is 1. The van der Waals surface area contributed by atoms with Gasteiger partial charge in [-0.3, -0.25) is 14.4 Å². The molecular formula is C67H68Cl2N6O18. The Balaban J connectivity index is 1.00. The number of rotatable bonds is 13. The second kappa shape index (κ2) is 26.6. The van der Waals surface area contributed by atoms with Crippen molar-refractivity contribution in [2.75, 3.05) is 7.11 Å². The number of aliphatic hydroxyl groups excluding tert-OH is 1. The Bertz CT molecular complexity index is 3930. The normalized spacial score (nSPS) is 23.3. The molecule has 488 valence electrons. The number of amides is 5. The first-order valence-electron chi connectivity index (χ1n) is 30.1. The summed E-state index contributed by atoms with van der Waals surface area (Å²) in [5, 5.41) is 86.6. The maximum atomic E-state index is 15.5. The van der Waals surface area contributed by atoms with Gasteiger partial charge in [0.2, 0.25) is 23.5 Å². The van der Waals surface area contributed by atoms with Gasteiger partial charge in [-0.15, -0.1) is 0 Å². The van der Waals surface area contributed by atoms with Crippen molar-refractivity contribution in [2.45, 2.75) is 120 Å². The number of carboxylic acid groups (broad SMARTS) is 1. The van der Waals surface area contributed by atoms with Gasteiger partial charge in [0.15, 0.2) is 17.5 Å². The number of carbonyl (C=O) groups is 7. The Hall–Kier alpha value is -9.49. The number of methoxy groups -OCH3 is 1. The topological polar surface area (TPSA) is 359 Å². The molecule has 6 aromatic rings. The van der Waals surface area contributed by atoms with Crippen LogP contribution >= 0.6 is 23.2 Å². The minimum atomic E-state index is -2.08. The van der Waals surface area contributed by atoms with E-state index in [1.807, 2.05) is 0 Å². The van der Waals surface area contributed by atoms with Crippen molar-refractivity contribution in [3.63, 3.8) is 0 Å². The van der Waals surface area contributed by atoms with Crippen LogP contribution in [0.3, 0.4) is 0 Å². The molecule has 0 spiro atoms. The summed E-state index contributed by atoms with van der Waals surface area (Å²) in [7, 11) is 1.02. The van der Waals surface area contributed by atoms with E-state index in [1.54, 1.807) is 51.1 Å². The van der Waals surface area contributed by atoms with Gasteiger partial charge in [0.25, 0.3) is 0 Å². The first kappa shape index (κ1) is 65.0. The minimum Gasteiger partial charge on any atom is -0.507 e. The number of fused-ring (bicyclic) bond motifs is 8. The molecule has 12 N–H and O–H groups in total. The first-order valence-corrected chi connectivity index (χ1v) is 30.9. The summed E-state index contributed by atoms with van der Waals surface area (Å²) in [5.74, 6) is -7.83. The van der Waals surface area contributed by atoms with Gasteiger partial charge in [-0.25, -0.2) is 19.2 Å². The highest BCUT2D eigenvalue weighted by Gasteiger charge is 2.48. The van der Waals surface area contributed by atoms with Crippen LogP contribution in [-0.4, -0.2) is 103 Å². The van der Waals surface area contributed by atoms with Gasteiger partial charge in [0, 0.05) is 35.7 Å². The quantitative estimate of drug-likeness (QED) is 0.0378. The number of benzene rings is 6. The van der Waals surface area contributed by atoms with Crippen molar-refractivity contribution in [1.29, 1.82) is 0 Å². The third-order valence-electron chi connectivity index (χ3n) is 17.6. The van der Waals surface area contributed by atoms with Crippen molar-refractivity contribution >= 4 is 65.0 Å². The van der Waals surface area contributed by atoms with Gasteiger partial charge in [0.1, 0.15) is 71.2 Å². The zero-order valence-electron chi connectivity index (χ0n) is 50.7. The SMILES string of the molecule is COC(=O)[C@H]1NC(=O)[C@H]2NC(=O)[C@H](NC(=O)[C@H](NC(=O)OC(C)(C)C)c3cc(Oc4ccc(C[C@H](NC(=O)OCc5ccccc5)C(=O)O)cc4Cl)c(O)c(c3)Oc3ccc(cc3Cl)[C@H]2O)c2ccc(O)c(c2)-c2c1cc(O)c(CNC1C3CC4CC(C3)CC1C4)c2O. The molecule has 5 amide bonds. The fourth-order valence-electron chi connectivity index (χ4n) is 13.4. The van der Waals surface area contributed by atoms with Crippen LogP contribution in [0.25, 0.3) is 11.1 Å². The van der Waals surface area contributed by atoms with Crippen molar-refractivity contribution in [3.8, 4) is 57.1 Å². The molecule has 4 aliphatic carbocycles. The summed E-state index contributed by atoms with van der Waals surface area (Å²) in [6.07, 6.45) is 0.910. The molecule has 3 heterocycles. The van der Waals surface area contributed by atoms with Crippen LogP contribution in [-0.2, 0) is 57.8 Å². The number of phenolic OH excluding ortho intramolecular Hbond substituents is 4. The number of nitrogens with one attached hydrogen (secondary N) is 6. The maximum Gasteiger partial charge on any atom is 0.408 e. The molecule has 6 aromatic carbocycles. The number of aliphatic hydroxyl groups is 1. The maximum absolute atomic E-state index is 15.5. The molecule has 13 rings (SSSR count). The van der Waals surface area contributed by atoms with E-state index in [2.05, 4.69) is 31.9 Å². The highest BCUT2D eigenvalue weighted by atomic mass is 35.5. The zero-order chi connectivity index (χ0) is 66.3. The van der Waals surface area contributed by atoms with Crippen LogP contribution < -0.4 is 41.4 Å². The lowest BCUT2D eigenvalue weighted by Crippen LogP contribution is -2.55. The average Bonchev–Trinajstić information content (AvgIpc) is 1.00. The van der Waals surface area contributed by atoms with Crippen molar-refractivity contribution in [1.82, 2.24) is 31.9 Å². The van der Waals surface area contributed by atoms with E-state index in [-0.39, 0.29) is 86.1 Å². The number of carboxylic acids is 1. The standard InChI is InChI=1S/C67H68Cl2N6O18/c1-67(2,3)93-66(88)75-54-38-25-49(91-47-14-10-31(21-42(47)68)22-44(63(84)85)71-65(87)90-29-30-8-6-5-7-9-30)59(80)50(26-38)92-48-15-12-35(24-43(48)69)57(78)56-62(83)73-55(64(86)89-4)40-27-46(77)41(28-70-52-36-17-32-16-33(19-36)20-37(52)18-32)58(79)51(40)39-23-34(11-13-45(39)76)53(60(81)74-56)72-61(54)82/h5-15,21,23-27,32-33,36-37,44,52-57,70,76-80H,16-20,22,28-29H2,1-4H3,(H,71,87)(H,72,82)(H,73,83)(H,74,81)(H,75,88)(H,84,85)/t32?,33?,36?,37?,44-,52?,53+,54+,55-,56-,57+/m0/s1. The summed E-state index contributed by atoms with van der Waals surface area (Å²) < 4.78 is 28.5. The van der Waals surface area contributed by atoms with Crippen LogP contribution in [0.5, 0.6) is 46.0 Å². The second-order valence-corrected chi connectivity index (χ2v) is 25.9. The average molecular weight is 1320 g/mol. The van der Waals surface area contributed by atoms with Crippen molar-refractivity contribution in [2.24, 2.45) is 23.7 Å². The van der Waals surface area contributed by atoms with E-state index in [1.165, 1.54) is 55.0 Å². The summed E-state index contributed by atoms with van der Waals surface area (Å²) in [4.78, 5) is 98.9. The molecule has 4 saturated carbocycles. The number of hydrogen-bond acceptors (Lipinski definition) is 18. The molecule has 3 aliphatic heterocycles. The number of alkyl carbamates (subject to hydrolysis) is 2. The molecule has 24 nitrogen and oxygen atoms in total. The fraction of sp³-hybridized carbons (Fsp3) is 0.358. The van der Waals surface area contributed by atoms with E-state index >= 15 is 14.4 Å². The number of phenols is 4. The van der Waals surface area contributed by atoms with Gasteiger partial charge >= 0.3 is 24.1 Å². The zero-order valence-corrected chi connectivity index (χ0v) is 52.2. The molecule has 12 bridgehead atoms. The molecule has 93 heavy (non-hydrogen) atoms. The minimum absolute atomic E-state index is 0.0275. The van der Waals surface area contributed by atoms with Crippen LogP contribution in [0, 0.1) is 23.7 Å². The van der Waals surface area contributed by atoms with E-state index < -0.39 is 118 Å². The fourth-order valence-corrected chi connectivity index (χ4v) is 13.9. The molecule has 0 aromatic heterocycles. The highest BCUT2D eigenvalue weighted by molar-refractivity contribution is 6.32. The Morgan fingerprint density at radius 1 is 0.699 bits per heavy atom. The lowest BCUT2D eigenvalue weighted by molar-refractivity contribution is -0.146. The van der Waals surface area contributed by atoms with Gasteiger partial charge in [-0.2, -0.15) is 0 Å².